The van der Waals surface area contributed by atoms with Crippen molar-refractivity contribution in [3.05, 3.63) is 57.1 Å². The van der Waals surface area contributed by atoms with Crippen LogP contribution in [-0.2, 0) is 17.8 Å². The molecule has 2 aliphatic rings. The Labute approximate surface area is 207 Å². The van der Waals surface area contributed by atoms with Crippen molar-refractivity contribution in [1.29, 1.82) is 0 Å². The number of benzene rings is 1. The summed E-state index contributed by atoms with van der Waals surface area (Å²) in [5.41, 5.74) is 2.90. The topological polar surface area (TPSA) is 142 Å². The van der Waals surface area contributed by atoms with Gasteiger partial charge in [-0.25, -0.2) is 14.2 Å². The SMILES string of the molecule is Cc1nc2n(c(=O)c1CCN1CCC(c3noc4cc(F)ccc34)CC1)CCCC2O.O=C(O)CO. The Bertz CT molecular complexity index is 1280. The van der Waals surface area contributed by atoms with Gasteiger partial charge in [-0.1, -0.05) is 5.16 Å². The van der Waals surface area contributed by atoms with Crippen LogP contribution < -0.4 is 5.56 Å². The Balaban J connectivity index is 0.000000556. The normalized spacial score (nSPS) is 18.5. The van der Waals surface area contributed by atoms with Gasteiger partial charge in [-0.3, -0.25) is 9.36 Å². The minimum Gasteiger partial charge on any atom is -0.480 e. The molecule has 1 fully saturated rings. The summed E-state index contributed by atoms with van der Waals surface area (Å²) in [5.74, 6) is -0.701. The van der Waals surface area contributed by atoms with E-state index in [-0.39, 0.29) is 11.4 Å². The molecule has 2 aliphatic heterocycles. The molecule has 1 aromatic carbocycles. The number of carbonyl (C=O) groups is 1. The first-order valence-corrected chi connectivity index (χ1v) is 12.2. The molecule has 2 aromatic heterocycles. The highest BCUT2D eigenvalue weighted by atomic mass is 19.1. The lowest BCUT2D eigenvalue weighted by Crippen LogP contribution is -2.37. The number of carboxylic acid groups (broad SMARTS) is 1. The van der Waals surface area contributed by atoms with Crippen molar-refractivity contribution in [3.63, 3.8) is 0 Å². The maximum atomic E-state index is 13.4. The molecule has 1 atom stereocenters. The van der Waals surface area contributed by atoms with Crippen molar-refractivity contribution < 1.29 is 29.0 Å². The van der Waals surface area contributed by atoms with Gasteiger partial charge in [0.15, 0.2) is 5.58 Å². The zero-order valence-electron chi connectivity index (χ0n) is 20.2. The molecule has 0 bridgehead atoms. The van der Waals surface area contributed by atoms with Crippen LogP contribution in [0.3, 0.4) is 0 Å². The first-order chi connectivity index (χ1) is 17.3. The van der Waals surface area contributed by atoms with Gasteiger partial charge in [0.25, 0.3) is 5.56 Å². The van der Waals surface area contributed by atoms with E-state index in [2.05, 4.69) is 15.0 Å². The number of hydrogen-bond donors (Lipinski definition) is 3. The minimum atomic E-state index is -1.19. The average molecular weight is 503 g/mol. The molecule has 10 nitrogen and oxygen atoms in total. The number of aliphatic hydroxyl groups is 2. The Kier molecular flexibility index (Phi) is 8.12. The number of fused-ring (bicyclic) bond motifs is 2. The largest absolute Gasteiger partial charge is 0.480 e. The number of hydrogen-bond acceptors (Lipinski definition) is 8. The summed E-state index contributed by atoms with van der Waals surface area (Å²) in [4.78, 5) is 29.0. The smallest absolute Gasteiger partial charge is 0.329 e. The highest BCUT2D eigenvalue weighted by Crippen LogP contribution is 2.32. The molecule has 0 spiro atoms. The zero-order chi connectivity index (χ0) is 25.8. The Hall–Kier alpha value is -3.15. The van der Waals surface area contributed by atoms with E-state index in [4.69, 9.17) is 19.5 Å². The van der Waals surface area contributed by atoms with Gasteiger partial charge in [0.2, 0.25) is 0 Å². The van der Waals surface area contributed by atoms with Crippen LogP contribution in [0.4, 0.5) is 4.39 Å². The first-order valence-electron chi connectivity index (χ1n) is 12.2. The molecule has 0 saturated carbocycles. The van der Waals surface area contributed by atoms with Crippen LogP contribution in [0.1, 0.15) is 60.5 Å². The second kappa shape index (κ2) is 11.3. The van der Waals surface area contributed by atoms with Crippen molar-refractivity contribution in [1.82, 2.24) is 19.6 Å². The molecule has 3 aromatic rings. The molecule has 3 N–H and O–H groups in total. The summed E-state index contributed by atoms with van der Waals surface area (Å²) in [6, 6.07) is 4.58. The molecule has 36 heavy (non-hydrogen) atoms. The lowest BCUT2D eigenvalue weighted by Gasteiger charge is -2.31. The number of piperidine rings is 1. The van der Waals surface area contributed by atoms with Crippen LogP contribution in [0.5, 0.6) is 0 Å². The van der Waals surface area contributed by atoms with Gasteiger partial charge in [0.05, 0.1) is 5.69 Å². The van der Waals surface area contributed by atoms with Gasteiger partial charge in [-0.05, 0) is 64.3 Å². The number of carboxylic acids is 1. The second-order valence-corrected chi connectivity index (χ2v) is 9.27. The number of nitrogens with zero attached hydrogens (tertiary/aromatic N) is 4. The van der Waals surface area contributed by atoms with Gasteiger partial charge in [0, 0.05) is 41.7 Å². The molecule has 0 amide bonds. The number of aliphatic hydroxyl groups excluding tert-OH is 2. The summed E-state index contributed by atoms with van der Waals surface area (Å²) in [6.45, 7) is 4.35. The summed E-state index contributed by atoms with van der Waals surface area (Å²) in [7, 11) is 0. The average Bonchev–Trinajstić information content (AvgIpc) is 3.28. The van der Waals surface area contributed by atoms with Crippen LogP contribution in [0.2, 0.25) is 0 Å². The summed E-state index contributed by atoms with van der Waals surface area (Å²) >= 11 is 0. The second-order valence-electron chi connectivity index (χ2n) is 9.27. The minimum absolute atomic E-state index is 0.00237. The van der Waals surface area contributed by atoms with E-state index in [1.165, 1.54) is 12.1 Å². The highest BCUT2D eigenvalue weighted by molar-refractivity contribution is 5.79. The monoisotopic (exact) mass is 502 g/mol. The quantitative estimate of drug-likeness (QED) is 0.478. The molecule has 1 unspecified atom stereocenters. The zero-order valence-corrected chi connectivity index (χ0v) is 20.2. The number of aromatic nitrogens is 3. The van der Waals surface area contributed by atoms with Crippen molar-refractivity contribution in [2.24, 2.45) is 0 Å². The Morgan fingerprint density at radius 1 is 1.22 bits per heavy atom. The van der Waals surface area contributed by atoms with Crippen molar-refractivity contribution in [2.45, 2.75) is 57.6 Å². The van der Waals surface area contributed by atoms with Gasteiger partial charge in [-0.2, -0.15) is 0 Å². The maximum absolute atomic E-state index is 13.4. The summed E-state index contributed by atoms with van der Waals surface area (Å²) < 4.78 is 20.4. The lowest BCUT2D eigenvalue weighted by atomic mass is 9.91. The molecule has 194 valence electrons. The number of halogens is 1. The lowest BCUT2D eigenvalue weighted by molar-refractivity contribution is -0.140. The van der Waals surface area contributed by atoms with Gasteiger partial charge >= 0.3 is 5.97 Å². The van der Waals surface area contributed by atoms with Crippen LogP contribution in [0, 0.1) is 12.7 Å². The van der Waals surface area contributed by atoms with Gasteiger partial charge in [-0.15, -0.1) is 0 Å². The third kappa shape index (κ3) is 5.63. The van der Waals surface area contributed by atoms with Crippen LogP contribution >= 0.6 is 0 Å². The van der Waals surface area contributed by atoms with Crippen molar-refractivity contribution >= 4 is 16.9 Å². The van der Waals surface area contributed by atoms with E-state index < -0.39 is 18.7 Å². The highest BCUT2D eigenvalue weighted by Gasteiger charge is 2.26. The van der Waals surface area contributed by atoms with E-state index in [9.17, 15) is 14.3 Å². The van der Waals surface area contributed by atoms with Crippen molar-refractivity contribution in [3.8, 4) is 0 Å². The first kappa shape index (κ1) is 25.9. The van der Waals surface area contributed by atoms with Gasteiger partial charge < -0.3 is 24.7 Å². The molecule has 1 saturated heterocycles. The van der Waals surface area contributed by atoms with E-state index >= 15 is 0 Å². The van der Waals surface area contributed by atoms with E-state index in [0.717, 1.165) is 61.2 Å². The fourth-order valence-electron chi connectivity index (χ4n) is 4.98. The molecule has 11 heteroatoms. The molecular weight excluding hydrogens is 471 g/mol. The fraction of sp³-hybridized carbons (Fsp3) is 0.520. The van der Waals surface area contributed by atoms with Gasteiger partial charge in [0.1, 0.15) is 24.4 Å². The number of rotatable bonds is 5. The molecular formula is C25H31FN4O6. The van der Waals surface area contributed by atoms with Crippen molar-refractivity contribution in [2.75, 3.05) is 26.2 Å². The van der Waals surface area contributed by atoms with E-state index in [1.54, 1.807) is 10.6 Å². The predicted octanol–water partition coefficient (Wildman–Crippen LogP) is 2.14. The molecule has 5 rings (SSSR count). The standard InChI is InChI=1S/C23H27FN4O3.C2H4O3/c1-14-17(23(30)28-9-2-3-19(29)22(28)25-14)8-12-27-10-6-15(7-11-27)21-18-5-4-16(24)13-20(18)31-26-21;3-1-2(4)5/h4-5,13,15,19,29H,2-3,6-12H2,1H3;3H,1H2,(H,4,5). The van der Waals surface area contributed by atoms with Crippen LogP contribution in [0.15, 0.2) is 27.5 Å². The summed E-state index contributed by atoms with van der Waals surface area (Å²) in [5, 5.41) is 30.3. The summed E-state index contributed by atoms with van der Waals surface area (Å²) in [6.07, 6.45) is 3.38. The molecule has 4 heterocycles. The number of aliphatic carboxylic acids is 1. The maximum Gasteiger partial charge on any atom is 0.329 e. The molecule has 0 radical (unpaired) electrons. The molecule has 0 aliphatic carbocycles. The number of aryl methyl sites for hydroxylation is 1. The third-order valence-electron chi connectivity index (χ3n) is 6.91. The Morgan fingerprint density at radius 3 is 2.64 bits per heavy atom. The Morgan fingerprint density at radius 2 is 1.94 bits per heavy atom. The van der Waals surface area contributed by atoms with Crippen LogP contribution in [-0.4, -0.2) is 67.1 Å². The van der Waals surface area contributed by atoms with E-state index in [1.807, 2.05) is 6.92 Å². The predicted molar refractivity (Wildman–Crippen MR) is 128 cm³/mol. The third-order valence-corrected chi connectivity index (χ3v) is 6.91. The van der Waals surface area contributed by atoms with E-state index in [0.29, 0.717) is 36.7 Å². The fourth-order valence-corrected chi connectivity index (χ4v) is 4.98. The number of likely N-dealkylation sites (tertiary alicyclic amines) is 1. The van der Waals surface area contributed by atoms with Crippen LogP contribution in [0.25, 0.3) is 11.0 Å².